The summed E-state index contributed by atoms with van der Waals surface area (Å²) in [6.45, 7) is 7.02. The van der Waals surface area contributed by atoms with Gasteiger partial charge in [-0.25, -0.2) is 4.79 Å². The van der Waals surface area contributed by atoms with Crippen molar-refractivity contribution in [3.63, 3.8) is 0 Å². The second-order valence-corrected chi connectivity index (χ2v) is 5.68. The summed E-state index contributed by atoms with van der Waals surface area (Å²) >= 11 is 0. The molecule has 1 saturated heterocycles. The summed E-state index contributed by atoms with van der Waals surface area (Å²) in [4.78, 5) is 11.6. The summed E-state index contributed by atoms with van der Waals surface area (Å²) in [7, 11) is 0. The van der Waals surface area contributed by atoms with Gasteiger partial charge in [0.25, 0.3) is 0 Å². The molecule has 1 aliphatic rings. The van der Waals surface area contributed by atoms with E-state index in [2.05, 4.69) is 10.4 Å². The van der Waals surface area contributed by atoms with E-state index in [4.69, 9.17) is 9.47 Å². The van der Waals surface area contributed by atoms with Crippen LogP contribution < -0.4 is 5.32 Å². The summed E-state index contributed by atoms with van der Waals surface area (Å²) in [5.74, 6) is 0. The maximum absolute atomic E-state index is 11.6. The van der Waals surface area contributed by atoms with Gasteiger partial charge < -0.3 is 9.47 Å². The van der Waals surface area contributed by atoms with Gasteiger partial charge in [0.2, 0.25) is 0 Å². The summed E-state index contributed by atoms with van der Waals surface area (Å²) in [6, 6.07) is 0.350. The predicted octanol–water partition coefficient (Wildman–Crippen LogP) is 2.58. The van der Waals surface area contributed by atoms with Gasteiger partial charge in [-0.15, -0.1) is 0 Å². The fourth-order valence-corrected chi connectivity index (χ4v) is 1.97. The molecular weight excluding hydrogens is 246 g/mol. The molecule has 1 aromatic heterocycles. The van der Waals surface area contributed by atoms with Gasteiger partial charge in [0.15, 0.2) is 0 Å². The van der Waals surface area contributed by atoms with Crippen LogP contribution in [-0.2, 0) is 9.47 Å². The van der Waals surface area contributed by atoms with Crippen LogP contribution in [0.4, 0.5) is 10.5 Å². The first-order valence-electron chi connectivity index (χ1n) is 6.56. The number of aromatic nitrogens is 2. The molecule has 1 N–H and O–H groups in total. The van der Waals surface area contributed by atoms with Gasteiger partial charge in [0, 0.05) is 19.4 Å². The van der Waals surface area contributed by atoms with Crippen molar-refractivity contribution in [1.29, 1.82) is 0 Å². The summed E-state index contributed by atoms with van der Waals surface area (Å²) in [5.41, 5.74) is 0.154. The van der Waals surface area contributed by atoms with Crippen LogP contribution >= 0.6 is 0 Å². The van der Waals surface area contributed by atoms with Crippen LogP contribution in [0.5, 0.6) is 0 Å². The monoisotopic (exact) mass is 267 g/mol. The first kappa shape index (κ1) is 13.9. The Morgan fingerprint density at radius 3 is 2.79 bits per heavy atom. The fourth-order valence-electron chi connectivity index (χ4n) is 1.97. The van der Waals surface area contributed by atoms with E-state index < -0.39 is 11.7 Å². The first-order chi connectivity index (χ1) is 8.94. The topological polar surface area (TPSA) is 65.4 Å². The van der Waals surface area contributed by atoms with Crippen molar-refractivity contribution in [2.24, 2.45) is 0 Å². The molecule has 2 heterocycles. The van der Waals surface area contributed by atoms with Crippen LogP contribution in [-0.4, -0.2) is 34.7 Å². The minimum atomic E-state index is -0.499. The van der Waals surface area contributed by atoms with Crippen LogP contribution in [0.25, 0.3) is 0 Å². The number of ether oxygens (including phenoxy) is 2. The molecule has 1 fully saturated rings. The average Bonchev–Trinajstić information content (AvgIpc) is 2.76. The second kappa shape index (κ2) is 5.61. The first-order valence-corrected chi connectivity index (χ1v) is 6.56. The predicted molar refractivity (Wildman–Crippen MR) is 71.2 cm³/mol. The Bertz CT molecular complexity index is 431. The summed E-state index contributed by atoms with van der Waals surface area (Å²) in [6.07, 6.45) is 4.92. The quantitative estimate of drug-likeness (QED) is 0.894. The van der Waals surface area contributed by atoms with E-state index in [9.17, 15) is 4.79 Å². The maximum atomic E-state index is 11.6. The zero-order valence-electron chi connectivity index (χ0n) is 11.7. The Kier molecular flexibility index (Phi) is 4.09. The molecular formula is C13H21N3O3. The number of nitrogens with one attached hydrogen (secondary N) is 1. The third-order valence-electron chi connectivity index (χ3n) is 2.81. The van der Waals surface area contributed by atoms with E-state index in [1.165, 1.54) is 0 Å². The van der Waals surface area contributed by atoms with Crippen molar-refractivity contribution in [2.75, 3.05) is 18.5 Å². The van der Waals surface area contributed by atoms with Crippen LogP contribution in [0.15, 0.2) is 12.4 Å². The van der Waals surface area contributed by atoms with Gasteiger partial charge >= 0.3 is 6.09 Å². The van der Waals surface area contributed by atoms with E-state index in [-0.39, 0.29) is 0 Å². The number of carbonyl (C=O) groups excluding carboxylic acids is 1. The van der Waals surface area contributed by atoms with Crippen LogP contribution in [0.2, 0.25) is 0 Å². The van der Waals surface area contributed by atoms with Crippen molar-refractivity contribution in [3.8, 4) is 0 Å². The van der Waals surface area contributed by atoms with Crippen molar-refractivity contribution in [3.05, 3.63) is 12.4 Å². The lowest BCUT2D eigenvalue weighted by atomic mass is 10.1. The average molecular weight is 267 g/mol. The summed E-state index contributed by atoms with van der Waals surface area (Å²) < 4.78 is 12.4. The van der Waals surface area contributed by atoms with Gasteiger partial charge in [0.1, 0.15) is 5.60 Å². The summed E-state index contributed by atoms with van der Waals surface area (Å²) in [5, 5.41) is 6.96. The van der Waals surface area contributed by atoms with Gasteiger partial charge in [-0.2, -0.15) is 5.10 Å². The fraction of sp³-hybridized carbons (Fsp3) is 0.692. The van der Waals surface area contributed by atoms with Crippen LogP contribution in [0.1, 0.15) is 39.7 Å². The Hall–Kier alpha value is -1.56. The maximum Gasteiger partial charge on any atom is 0.412 e. The van der Waals surface area contributed by atoms with E-state index >= 15 is 0 Å². The molecule has 19 heavy (non-hydrogen) atoms. The number of amides is 1. The molecule has 0 spiro atoms. The van der Waals surface area contributed by atoms with Crippen LogP contribution in [0, 0.1) is 0 Å². The lowest BCUT2D eigenvalue weighted by Gasteiger charge is -2.22. The Balaban J connectivity index is 1.91. The molecule has 0 atom stereocenters. The molecule has 1 aromatic rings. The lowest BCUT2D eigenvalue weighted by Crippen LogP contribution is -2.27. The lowest BCUT2D eigenvalue weighted by molar-refractivity contribution is 0.0634. The largest absolute Gasteiger partial charge is 0.444 e. The molecule has 0 saturated carbocycles. The number of anilines is 1. The molecule has 1 amide bonds. The van der Waals surface area contributed by atoms with Crippen molar-refractivity contribution in [2.45, 2.75) is 45.3 Å². The van der Waals surface area contributed by atoms with Gasteiger partial charge in [-0.05, 0) is 33.6 Å². The molecule has 0 aromatic carbocycles. The molecule has 0 radical (unpaired) electrons. The van der Waals surface area contributed by atoms with Gasteiger partial charge in [-0.1, -0.05) is 0 Å². The molecule has 0 bridgehead atoms. The molecule has 1 aliphatic heterocycles. The van der Waals surface area contributed by atoms with Crippen molar-refractivity contribution >= 4 is 11.8 Å². The minimum absolute atomic E-state index is 0.350. The van der Waals surface area contributed by atoms with Crippen molar-refractivity contribution < 1.29 is 14.3 Å². The zero-order valence-corrected chi connectivity index (χ0v) is 11.7. The zero-order chi connectivity index (χ0) is 13.9. The van der Waals surface area contributed by atoms with Gasteiger partial charge in [0.05, 0.1) is 17.9 Å². The molecule has 6 nitrogen and oxygen atoms in total. The van der Waals surface area contributed by atoms with Crippen molar-refractivity contribution in [1.82, 2.24) is 9.78 Å². The van der Waals surface area contributed by atoms with Gasteiger partial charge in [-0.3, -0.25) is 10.00 Å². The Labute approximate surface area is 113 Å². The van der Waals surface area contributed by atoms with E-state index in [0.717, 1.165) is 26.1 Å². The third kappa shape index (κ3) is 4.24. The smallest absolute Gasteiger partial charge is 0.412 e. The number of carbonyl (C=O) groups is 1. The minimum Gasteiger partial charge on any atom is -0.444 e. The molecule has 6 heteroatoms. The highest BCUT2D eigenvalue weighted by Crippen LogP contribution is 2.21. The van der Waals surface area contributed by atoms with E-state index in [1.807, 2.05) is 31.6 Å². The molecule has 2 rings (SSSR count). The highest BCUT2D eigenvalue weighted by atomic mass is 16.6. The number of nitrogens with zero attached hydrogens (tertiary/aromatic N) is 2. The molecule has 0 aliphatic carbocycles. The molecule has 106 valence electrons. The highest BCUT2D eigenvalue weighted by Gasteiger charge is 2.19. The SMILES string of the molecule is CC(C)(C)OC(=O)Nc1cnn(C2CCOCC2)c1. The van der Waals surface area contributed by atoms with E-state index in [1.54, 1.807) is 6.20 Å². The van der Waals surface area contributed by atoms with E-state index in [0.29, 0.717) is 11.7 Å². The number of hydrogen-bond donors (Lipinski definition) is 1. The normalized spacial score (nSPS) is 17.2. The third-order valence-corrected chi connectivity index (χ3v) is 2.81. The Morgan fingerprint density at radius 2 is 2.16 bits per heavy atom. The number of hydrogen-bond acceptors (Lipinski definition) is 4. The Morgan fingerprint density at radius 1 is 1.47 bits per heavy atom. The standard InChI is InChI=1S/C13H21N3O3/c1-13(2,3)19-12(17)15-10-8-14-16(9-10)11-4-6-18-7-5-11/h8-9,11H,4-7H2,1-3H3,(H,15,17). The van der Waals surface area contributed by atoms with Crippen LogP contribution in [0.3, 0.4) is 0 Å². The molecule has 0 unspecified atom stereocenters. The number of rotatable bonds is 2. The highest BCUT2D eigenvalue weighted by molar-refractivity contribution is 5.84. The second-order valence-electron chi connectivity index (χ2n) is 5.68.